The first-order valence-corrected chi connectivity index (χ1v) is 29.6. The van der Waals surface area contributed by atoms with Gasteiger partial charge < -0.3 is 33.3 Å². The van der Waals surface area contributed by atoms with Crippen molar-refractivity contribution in [3.63, 3.8) is 0 Å². The standard InChI is InChI=1S/C61H113NO8/c1-6-8-10-12-14-16-18-20-22-24-26-27-28-29-30-31-32-33-34-36-37-39-41-43-45-47-49-51-58(63)68-55-57(56-69-61(60(65)66)67-54-53-62(3,4)5)70-59(64)52-50-48-46-44-42-40-38-35-25-23-21-19-17-15-13-11-9-7-2/h17,19,23-26,57,61H,6-16,18,20-22,27-56H2,1-5H3/b19-17-,25-23-,26-24-. The van der Waals surface area contributed by atoms with Crippen molar-refractivity contribution in [2.75, 3.05) is 47.5 Å². The van der Waals surface area contributed by atoms with Crippen LogP contribution in [0, 0.1) is 0 Å². The average molecular weight is 989 g/mol. The summed E-state index contributed by atoms with van der Waals surface area (Å²) in [7, 11) is 5.92. The first-order valence-electron chi connectivity index (χ1n) is 29.6. The van der Waals surface area contributed by atoms with Crippen LogP contribution in [0.25, 0.3) is 0 Å². The number of likely N-dealkylation sites (N-methyl/N-ethyl adjacent to an activating group) is 1. The maximum Gasteiger partial charge on any atom is 0.306 e. The Kier molecular flexibility index (Phi) is 50.9. The Bertz CT molecular complexity index is 1240. The van der Waals surface area contributed by atoms with Crippen LogP contribution in [-0.4, -0.2) is 82.3 Å². The number of hydrogen-bond acceptors (Lipinski definition) is 8. The normalized spacial score (nSPS) is 13.0. The highest BCUT2D eigenvalue weighted by molar-refractivity contribution is 5.70. The van der Waals surface area contributed by atoms with Crippen molar-refractivity contribution in [1.82, 2.24) is 0 Å². The topological polar surface area (TPSA) is 111 Å². The molecule has 2 atom stereocenters. The lowest BCUT2D eigenvalue weighted by Gasteiger charge is -2.26. The molecule has 9 heteroatoms. The van der Waals surface area contributed by atoms with Gasteiger partial charge in [0.1, 0.15) is 13.2 Å². The molecule has 0 saturated carbocycles. The molecular weight excluding hydrogens is 875 g/mol. The summed E-state index contributed by atoms with van der Waals surface area (Å²) in [5, 5.41) is 11.8. The fourth-order valence-electron chi connectivity index (χ4n) is 8.50. The van der Waals surface area contributed by atoms with Gasteiger partial charge in [-0.2, -0.15) is 0 Å². The molecule has 0 aliphatic heterocycles. The summed E-state index contributed by atoms with van der Waals surface area (Å²) in [6.07, 6.45) is 60.5. The minimum Gasteiger partial charge on any atom is -0.545 e. The van der Waals surface area contributed by atoms with Crippen LogP contribution in [0.5, 0.6) is 0 Å². The molecule has 0 heterocycles. The predicted molar refractivity (Wildman–Crippen MR) is 293 cm³/mol. The number of ether oxygens (including phenoxy) is 4. The molecular formula is C61H113NO8. The fraction of sp³-hybridized carbons (Fsp3) is 0.852. The van der Waals surface area contributed by atoms with E-state index < -0.39 is 24.3 Å². The van der Waals surface area contributed by atoms with Gasteiger partial charge in [-0.1, -0.05) is 230 Å². The number of carboxylic acid groups (broad SMARTS) is 1. The number of hydrogen-bond donors (Lipinski definition) is 0. The molecule has 0 amide bonds. The zero-order valence-electron chi connectivity index (χ0n) is 46.7. The molecule has 410 valence electrons. The van der Waals surface area contributed by atoms with Gasteiger partial charge in [0, 0.05) is 12.8 Å². The van der Waals surface area contributed by atoms with Crippen molar-refractivity contribution in [2.24, 2.45) is 0 Å². The number of carbonyl (C=O) groups excluding carboxylic acids is 3. The van der Waals surface area contributed by atoms with Crippen molar-refractivity contribution >= 4 is 17.9 Å². The smallest absolute Gasteiger partial charge is 0.306 e. The number of esters is 2. The number of rotatable bonds is 55. The van der Waals surface area contributed by atoms with E-state index in [0.717, 1.165) is 51.4 Å². The SMILES string of the molecule is CCCCCC/C=C\C/C=C\CCCCCCCCCC(=O)OC(COC(=O)CCCCCCCCCCCCCCCCC/C=C\CCCCCCCCCC)COC(OCC[N+](C)(C)C)C(=O)[O-]. The molecule has 0 aliphatic carbocycles. The number of carboxylic acids is 1. The lowest BCUT2D eigenvalue weighted by molar-refractivity contribution is -0.870. The van der Waals surface area contributed by atoms with Gasteiger partial charge in [-0.15, -0.1) is 0 Å². The second-order valence-electron chi connectivity index (χ2n) is 21.3. The van der Waals surface area contributed by atoms with Crippen LogP contribution < -0.4 is 5.11 Å². The van der Waals surface area contributed by atoms with Gasteiger partial charge in [0.05, 0.1) is 40.3 Å². The van der Waals surface area contributed by atoms with Gasteiger partial charge >= 0.3 is 11.9 Å². The number of quaternary nitrogens is 1. The second-order valence-corrected chi connectivity index (χ2v) is 21.3. The molecule has 0 rings (SSSR count). The Hall–Kier alpha value is -2.49. The molecule has 0 aromatic carbocycles. The van der Waals surface area contributed by atoms with Gasteiger partial charge in [-0.25, -0.2) is 0 Å². The molecule has 9 nitrogen and oxygen atoms in total. The first-order chi connectivity index (χ1) is 34.1. The molecule has 0 spiro atoms. The van der Waals surface area contributed by atoms with Crippen LogP contribution in [0.1, 0.15) is 277 Å². The van der Waals surface area contributed by atoms with Crippen molar-refractivity contribution in [2.45, 2.75) is 289 Å². The molecule has 0 aromatic heterocycles. The molecule has 0 fully saturated rings. The fourth-order valence-corrected chi connectivity index (χ4v) is 8.50. The lowest BCUT2D eigenvalue weighted by atomic mass is 10.0. The molecule has 0 radical (unpaired) electrons. The predicted octanol–water partition coefficient (Wildman–Crippen LogP) is 16.0. The minimum absolute atomic E-state index is 0.147. The van der Waals surface area contributed by atoms with E-state index in [2.05, 4.69) is 50.3 Å². The summed E-state index contributed by atoms with van der Waals surface area (Å²) in [6.45, 7) is 4.76. The number of allylic oxidation sites excluding steroid dienone is 6. The zero-order chi connectivity index (χ0) is 51.3. The maximum atomic E-state index is 12.8. The largest absolute Gasteiger partial charge is 0.545 e. The Morgan fingerprint density at radius 1 is 0.429 bits per heavy atom. The van der Waals surface area contributed by atoms with Crippen LogP contribution >= 0.6 is 0 Å². The number of nitrogens with zero attached hydrogens (tertiary/aromatic N) is 1. The molecule has 2 unspecified atom stereocenters. The van der Waals surface area contributed by atoms with E-state index >= 15 is 0 Å². The third kappa shape index (κ3) is 53.3. The summed E-state index contributed by atoms with van der Waals surface area (Å²) in [4.78, 5) is 37.3. The molecule has 0 aliphatic rings. The van der Waals surface area contributed by atoms with Crippen LogP contribution in [0.4, 0.5) is 0 Å². The molecule has 0 N–H and O–H groups in total. The van der Waals surface area contributed by atoms with Crippen LogP contribution in [0.15, 0.2) is 36.5 Å². The summed E-state index contributed by atoms with van der Waals surface area (Å²) >= 11 is 0. The lowest BCUT2D eigenvalue weighted by Crippen LogP contribution is -2.44. The number of aliphatic carboxylic acids is 1. The van der Waals surface area contributed by atoms with Crippen LogP contribution in [0.2, 0.25) is 0 Å². The van der Waals surface area contributed by atoms with Crippen molar-refractivity contribution in [1.29, 1.82) is 0 Å². The summed E-state index contributed by atoms with van der Waals surface area (Å²) in [5.74, 6) is -2.28. The van der Waals surface area contributed by atoms with Crippen molar-refractivity contribution < 1.29 is 42.9 Å². The van der Waals surface area contributed by atoms with E-state index in [1.54, 1.807) is 0 Å². The van der Waals surface area contributed by atoms with Gasteiger partial charge in [0.25, 0.3) is 0 Å². The van der Waals surface area contributed by atoms with Crippen molar-refractivity contribution in [3.05, 3.63) is 36.5 Å². The average Bonchev–Trinajstić information content (AvgIpc) is 3.33. The summed E-state index contributed by atoms with van der Waals surface area (Å²) in [6, 6.07) is 0. The van der Waals surface area contributed by atoms with Gasteiger partial charge in [-0.3, -0.25) is 9.59 Å². The third-order valence-electron chi connectivity index (χ3n) is 13.1. The minimum atomic E-state index is -1.62. The summed E-state index contributed by atoms with van der Waals surface area (Å²) in [5.41, 5.74) is 0. The highest BCUT2D eigenvalue weighted by Crippen LogP contribution is 2.16. The first kappa shape index (κ1) is 67.5. The number of carbonyl (C=O) groups is 3. The quantitative estimate of drug-likeness (QED) is 0.0195. The van der Waals surface area contributed by atoms with Gasteiger partial charge in [-0.05, 0) is 70.6 Å². The zero-order valence-corrected chi connectivity index (χ0v) is 46.7. The Balaban J connectivity index is 4.18. The number of unbranched alkanes of at least 4 members (excludes halogenated alkanes) is 34. The second kappa shape index (κ2) is 52.8. The molecule has 0 aromatic rings. The Morgan fingerprint density at radius 3 is 1.16 bits per heavy atom. The van der Waals surface area contributed by atoms with E-state index in [9.17, 15) is 19.5 Å². The molecule has 70 heavy (non-hydrogen) atoms. The van der Waals surface area contributed by atoms with E-state index in [1.807, 2.05) is 21.1 Å². The Morgan fingerprint density at radius 2 is 0.771 bits per heavy atom. The Labute approximate surface area is 432 Å². The van der Waals surface area contributed by atoms with Crippen molar-refractivity contribution in [3.8, 4) is 0 Å². The molecule has 0 bridgehead atoms. The summed E-state index contributed by atoms with van der Waals surface area (Å²) < 4.78 is 22.7. The van der Waals surface area contributed by atoms with Crippen LogP contribution in [0.3, 0.4) is 0 Å². The van der Waals surface area contributed by atoms with E-state index in [1.165, 1.54) is 193 Å². The van der Waals surface area contributed by atoms with Gasteiger partial charge in [0.2, 0.25) is 0 Å². The highest BCUT2D eigenvalue weighted by atomic mass is 16.7. The third-order valence-corrected chi connectivity index (χ3v) is 13.1. The maximum absolute atomic E-state index is 12.8. The van der Waals surface area contributed by atoms with E-state index in [0.29, 0.717) is 23.9 Å². The monoisotopic (exact) mass is 988 g/mol. The van der Waals surface area contributed by atoms with E-state index in [-0.39, 0.29) is 32.2 Å². The molecule has 0 saturated heterocycles. The van der Waals surface area contributed by atoms with E-state index in [4.69, 9.17) is 18.9 Å². The van der Waals surface area contributed by atoms with Gasteiger partial charge in [0.15, 0.2) is 12.4 Å². The highest BCUT2D eigenvalue weighted by Gasteiger charge is 2.22. The van der Waals surface area contributed by atoms with Crippen LogP contribution in [-0.2, 0) is 33.3 Å².